The first-order valence-electron chi connectivity index (χ1n) is 6.74. The van der Waals surface area contributed by atoms with Crippen molar-refractivity contribution in [1.29, 1.82) is 0 Å². The van der Waals surface area contributed by atoms with Gasteiger partial charge in [-0.25, -0.2) is 0 Å². The van der Waals surface area contributed by atoms with Gasteiger partial charge in [0.05, 0.1) is 5.69 Å². The zero-order valence-electron chi connectivity index (χ0n) is 11.5. The Labute approximate surface area is 127 Å². The molecule has 0 aromatic heterocycles. The molecule has 4 nitrogen and oxygen atoms in total. The highest BCUT2D eigenvalue weighted by Gasteiger charge is 2.23. The van der Waals surface area contributed by atoms with E-state index in [1.165, 1.54) is 0 Å². The second-order valence-corrected chi connectivity index (χ2v) is 5.86. The van der Waals surface area contributed by atoms with E-state index in [1.807, 2.05) is 48.5 Å². The van der Waals surface area contributed by atoms with Crippen molar-refractivity contribution >= 4 is 29.0 Å². The number of nitrogen functional groups attached to an aromatic ring is 1. The van der Waals surface area contributed by atoms with Gasteiger partial charge in [0.15, 0.2) is 6.61 Å². The zero-order valence-corrected chi connectivity index (χ0v) is 12.3. The number of hydrogen-bond acceptors (Lipinski definition) is 4. The molecule has 2 aromatic rings. The molecule has 3 rings (SSSR count). The Hall–Kier alpha value is -2.14. The van der Waals surface area contributed by atoms with Crippen LogP contribution in [0.2, 0.25) is 0 Å². The number of amides is 1. The summed E-state index contributed by atoms with van der Waals surface area (Å²) in [7, 11) is 0. The topological polar surface area (TPSA) is 55.6 Å². The van der Waals surface area contributed by atoms with Gasteiger partial charge in [-0.1, -0.05) is 18.2 Å². The van der Waals surface area contributed by atoms with E-state index in [0.29, 0.717) is 18.0 Å². The summed E-state index contributed by atoms with van der Waals surface area (Å²) < 4.78 is 5.54. The van der Waals surface area contributed by atoms with Gasteiger partial charge in [-0.05, 0) is 30.3 Å². The summed E-state index contributed by atoms with van der Waals surface area (Å²) in [5.41, 5.74) is 7.38. The second-order valence-electron chi connectivity index (χ2n) is 4.72. The number of ether oxygens (including phenoxy) is 1. The van der Waals surface area contributed by atoms with Crippen molar-refractivity contribution in [3.8, 4) is 5.75 Å². The van der Waals surface area contributed by atoms with Crippen molar-refractivity contribution in [1.82, 2.24) is 0 Å². The predicted molar refractivity (Wildman–Crippen MR) is 85.9 cm³/mol. The third-order valence-electron chi connectivity index (χ3n) is 3.25. The number of carbonyl (C=O) groups excluding carboxylic acids is 1. The summed E-state index contributed by atoms with van der Waals surface area (Å²) >= 11 is 1.74. The third kappa shape index (κ3) is 3.13. The normalized spacial score (nSPS) is 13.6. The number of nitrogens with zero attached hydrogens (tertiary/aromatic N) is 1. The van der Waals surface area contributed by atoms with E-state index in [1.54, 1.807) is 16.7 Å². The summed E-state index contributed by atoms with van der Waals surface area (Å²) in [6, 6.07) is 15.0. The Kier molecular flexibility index (Phi) is 4.01. The number of rotatable bonds is 3. The molecule has 0 atom stereocenters. The van der Waals surface area contributed by atoms with E-state index in [9.17, 15) is 4.79 Å². The molecule has 0 unspecified atom stereocenters. The van der Waals surface area contributed by atoms with Gasteiger partial charge in [0.1, 0.15) is 5.75 Å². The van der Waals surface area contributed by atoms with Crippen LogP contribution in [-0.4, -0.2) is 24.8 Å². The number of fused-ring (bicyclic) bond motifs is 1. The van der Waals surface area contributed by atoms with Crippen LogP contribution < -0.4 is 15.4 Å². The molecule has 0 fully saturated rings. The molecule has 108 valence electrons. The van der Waals surface area contributed by atoms with Gasteiger partial charge in [0.2, 0.25) is 0 Å². The van der Waals surface area contributed by atoms with Gasteiger partial charge in [0, 0.05) is 22.9 Å². The number of carbonyl (C=O) groups is 1. The number of hydrogen-bond donors (Lipinski definition) is 1. The highest BCUT2D eigenvalue weighted by atomic mass is 32.2. The SMILES string of the molecule is Nc1ccc2c(c1)N(C(=O)COc1ccccc1)CCS2. The highest BCUT2D eigenvalue weighted by molar-refractivity contribution is 7.99. The first-order chi connectivity index (χ1) is 10.2. The fourth-order valence-corrected chi connectivity index (χ4v) is 3.21. The summed E-state index contributed by atoms with van der Waals surface area (Å²) in [5.74, 6) is 1.53. The average molecular weight is 300 g/mol. The van der Waals surface area contributed by atoms with Gasteiger partial charge in [-0.15, -0.1) is 11.8 Å². The van der Waals surface area contributed by atoms with E-state index >= 15 is 0 Å². The smallest absolute Gasteiger partial charge is 0.264 e. The molecule has 1 aliphatic heterocycles. The maximum atomic E-state index is 12.4. The first-order valence-corrected chi connectivity index (χ1v) is 7.73. The Bertz CT molecular complexity index is 646. The largest absolute Gasteiger partial charge is 0.484 e. The molecular formula is C16H16N2O2S. The van der Waals surface area contributed by atoms with Crippen LogP contribution in [-0.2, 0) is 4.79 Å². The number of anilines is 2. The molecule has 0 radical (unpaired) electrons. The number of para-hydroxylation sites is 1. The number of nitrogens with two attached hydrogens (primary N) is 1. The molecule has 5 heteroatoms. The second kappa shape index (κ2) is 6.10. The summed E-state index contributed by atoms with van der Waals surface area (Å²) in [6.07, 6.45) is 0. The molecule has 1 heterocycles. The lowest BCUT2D eigenvalue weighted by Crippen LogP contribution is -2.38. The minimum atomic E-state index is -0.0500. The Morgan fingerprint density at radius 3 is 2.86 bits per heavy atom. The van der Waals surface area contributed by atoms with Crippen LogP contribution in [0.3, 0.4) is 0 Å². The maximum Gasteiger partial charge on any atom is 0.264 e. The fraction of sp³-hybridized carbons (Fsp3) is 0.188. The van der Waals surface area contributed by atoms with E-state index < -0.39 is 0 Å². The van der Waals surface area contributed by atoms with Crippen molar-refractivity contribution in [2.45, 2.75) is 4.90 Å². The molecule has 0 spiro atoms. The molecule has 0 aliphatic carbocycles. The molecule has 0 saturated carbocycles. The monoisotopic (exact) mass is 300 g/mol. The molecular weight excluding hydrogens is 284 g/mol. The van der Waals surface area contributed by atoms with Crippen LogP contribution >= 0.6 is 11.8 Å². The van der Waals surface area contributed by atoms with E-state index in [0.717, 1.165) is 16.3 Å². The summed E-state index contributed by atoms with van der Waals surface area (Å²) in [4.78, 5) is 15.2. The van der Waals surface area contributed by atoms with Crippen LogP contribution in [0.4, 0.5) is 11.4 Å². The molecule has 2 aromatic carbocycles. The molecule has 1 aliphatic rings. The van der Waals surface area contributed by atoms with Crippen molar-refractivity contribution < 1.29 is 9.53 Å². The maximum absolute atomic E-state index is 12.4. The van der Waals surface area contributed by atoms with Gasteiger partial charge < -0.3 is 15.4 Å². The standard InChI is InChI=1S/C16H16N2O2S/c17-12-6-7-15-14(10-12)18(8-9-21-15)16(19)11-20-13-4-2-1-3-5-13/h1-7,10H,8-9,11,17H2. The lowest BCUT2D eigenvalue weighted by atomic mass is 10.2. The van der Waals surface area contributed by atoms with Crippen molar-refractivity contribution in [2.75, 3.05) is 29.5 Å². The Morgan fingerprint density at radius 2 is 2.05 bits per heavy atom. The van der Waals surface area contributed by atoms with Gasteiger partial charge in [-0.2, -0.15) is 0 Å². The molecule has 21 heavy (non-hydrogen) atoms. The van der Waals surface area contributed by atoms with Gasteiger partial charge in [-0.3, -0.25) is 4.79 Å². The average Bonchev–Trinajstić information content (AvgIpc) is 2.53. The third-order valence-corrected chi connectivity index (χ3v) is 4.30. The number of benzene rings is 2. The van der Waals surface area contributed by atoms with Crippen molar-refractivity contribution in [3.05, 3.63) is 48.5 Å². The predicted octanol–water partition coefficient (Wildman–Crippen LogP) is 2.79. The van der Waals surface area contributed by atoms with Gasteiger partial charge in [0.25, 0.3) is 5.91 Å². The zero-order chi connectivity index (χ0) is 14.7. The lowest BCUT2D eigenvalue weighted by Gasteiger charge is -2.29. The quantitative estimate of drug-likeness (QED) is 0.886. The van der Waals surface area contributed by atoms with Crippen LogP contribution in [0.1, 0.15) is 0 Å². The molecule has 0 saturated heterocycles. The number of thioether (sulfide) groups is 1. The van der Waals surface area contributed by atoms with Crippen LogP contribution in [0.25, 0.3) is 0 Å². The highest BCUT2D eigenvalue weighted by Crippen LogP contribution is 2.36. The van der Waals surface area contributed by atoms with E-state index in [4.69, 9.17) is 10.5 Å². The molecule has 2 N–H and O–H groups in total. The Balaban J connectivity index is 1.73. The summed E-state index contributed by atoms with van der Waals surface area (Å²) in [5, 5.41) is 0. The lowest BCUT2D eigenvalue weighted by molar-refractivity contribution is -0.120. The van der Waals surface area contributed by atoms with Crippen LogP contribution in [0.15, 0.2) is 53.4 Å². The van der Waals surface area contributed by atoms with E-state index in [-0.39, 0.29) is 12.5 Å². The van der Waals surface area contributed by atoms with Crippen molar-refractivity contribution in [2.24, 2.45) is 0 Å². The Morgan fingerprint density at radius 1 is 1.24 bits per heavy atom. The van der Waals surface area contributed by atoms with Crippen molar-refractivity contribution in [3.63, 3.8) is 0 Å². The minimum Gasteiger partial charge on any atom is -0.484 e. The van der Waals surface area contributed by atoms with E-state index in [2.05, 4.69) is 0 Å². The molecule has 0 bridgehead atoms. The molecule has 1 amide bonds. The van der Waals surface area contributed by atoms with Crippen LogP contribution in [0.5, 0.6) is 5.75 Å². The fourth-order valence-electron chi connectivity index (χ4n) is 2.23. The van der Waals surface area contributed by atoms with Crippen LogP contribution in [0, 0.1) is 0 Å². The summed E-state index contributed by atoms with van der Waals surface area (Å²) in [6.45, 7) is 0.709. The van der Waals surface area contributed by atoms with Gasteiger partial charge >= 0.3 is 0 Å². The first kappa shape index (κ1) is 13.8. The minimum absolute atomic E-state index is 0.0307.